The molecular formula is C23H31N5O3S. The van der Waals surface area contributed by atoms with Crippen LogP contribution < -0.4 is 15.4 Å². The summed E-state index contributed by atoms with van der Waals surface area (Å²) < 4.78 is 5.13. The number of hydrogen-bond donors (Lipinski definition) is 2. The molecule has 172 valence electrons. The third-order valence-corrected chi connectivity index (χ3v) is 7.18. The van der Waals surface area contributed by atoms with Gasteiger partial charge in [0.2, 0.25) is 10.9 Å². The molecule has 2 amide bonds. The summed E-state index contributed by atoms with van der Waals surface area (Å²) in [6.07, 6.45) is 7.59. The van der Waals surface area contributed by atoms with E-state index in [1.54, 1.807) is 31.4 Å². The Morgan fingerprint density at radius 3 is 2.47 bits per heavy atom. The maximum atomic E-state index is 12.5. The number of aromatic nitrogens is 2. The van der Waals surface area contributed by atoms with Gasteiger partial charge in [0.05, 0.1) is 13.7 Å². The van der Waals surface area contributed by atoms with Gasteiger partial charge in [-0.25, -0.2) is 0 Å². The van der Waals surface area contributed by atoms with Gasteiger partial charge >= 0.3 is 0 Å². The Bertz CT molecular complexity index is 903. The molecule has 8 nitrogen and oxygen atoms in total. The van der Waals surface area contributed by atoms with E-state index in [-0.39, 0.29) is 23.8 Å². The number of piperidine rings is 1. The number of nitrogens with one attached hydrogen (secondary N) is 2. The molecule has 1 aromatic carbocycles. The van der Waals surface area contributed by atoms with E-state index < -0.39 is 0 Å². The Kier molecular flexibility index (Phi) is 7.70. The minimum absolute atomic E-state index is 0.214. The van der Waals surface area contributed by atoms with Gasteiger partial charge in [0.15, 0.2) is 0 Å². The van der Waals surface area contributed by atoms with Crippen LogP contribution in [-0.2, 0) is 11.3 Å². The van der Waals surface area contributed by atoms with Gasteiger partial charge in [0, 0.05) is 30.7 Å². The average molecular weight is 458 g/mol. The lowest BCUT2D eigenvalue weighted by Gasteiger charge is -2.33. The summed E-state index contributed by atoms with van der Waals surface area (Å²) in [5.74, 6) is 0.937. The minimum atomic E-state index is -0.261. The van der Waals surface area contributed by atoms with E-state index >= 15 is 0 Å². The van der Waals surface area contributed by atoms with Gasteiger partial charge in [-0.1, -0.05) is 30.6 Å². The van der Waals surface area contributed by atoms with Crippen LogP contribution in [0.3, 0.4) is 0 Å². The number of likely N-dealkylation sites (tertiary alicyclic amines) is 1. The quantitative estimate of drug-likeness (QED) is 0.661. The molecule has 0 unspecified atom stereocenters. The van der Waals surface area contributed by atoms with Crippen LogP contribution in [0.5, 0.6) is 5.75 Å². The lowest BCUT2D eigenvalue weighted by atomic mass is 9.88. The molecule has 1 aliphatic carbocycles. The molecule has 1 aliphatic heterocycles. The predicted octanol–water partition coefficient (Wildman–Crippen LogP) is 3.46. The molecule has 32 heavy (non-hydrogen) atoms. The number of amides is 2. The van der Waals surface area contributed by atoms with Gasteiger partial charge in [0.1, 0.15) is 10.8 Å². The summed E-state index contributed by atoms with van der Waals surface area (Å²) in [6, 6.07) is 7.43. The molecule has 2 heterocycles. The number of anilines is 1. The van der Waals surface area contributed by atoms with Crippen molar-refractivity contribution in [3.63, 3.8) is 0 Å². The van der Waals surface area contributed by atoms with E-state index in [9.17, 15) is 9.59 Å². The molecule has 1 aromatic heterocycles. The molecule has 9 heteroatoms. The third kappa shape index (κ3) is 6.04. The standard InChI is InChI=1S/C23H31N5O3S/c1-31-19-9-7-17(8-10-19)25-22(30)23-27-26-20(32-23)15-28-13-11-18(12-14-28)24-21(29)16-5-3-2-4-6-16/h7-10,16,18H,2-6,11-15H2,1H3,(H,24,29)(H,25,30). The Hall–Kier alpha value is -2.52. The molecule has 4 rings (SSSR count). The first-order chi connectivity index (χ1) is 15.6. The smallest absolute Gasteiger partial charge is 0.286 e. The van der Waals surface area contributed by atoms with Gasteiger partial charge in [-0.15, -0.1) is 10.2 Å². The van der Waals surface area contributed by atoms with Crippen molar-refractivity contribution in [2.45, 2.75) is 57.5 Å². The van der Waals surface area contributed by atoms with Gasteiger partial charge in [0.25, 0.3) is 5.91 Å². The van der Waals surface area contributed by atoms with Crippen molar-refractivity contribution in [1.82, 2.24) is 20.4 Å². The van der Waals surface area contributed by atoms with Crippen molar-refractivity contribution >= 4 is 28.8 Å². The Morgan fingerprint density at radius 1 is 1.06 bits per heavy atom. The van der Waals surface area contributed by atoms with Crippen molar-refractivity contribution in [2.24, 2.45) is 5.92 Å². The minimum Gasteiger partial charge on any atom is -0.497 e. The van der Waals surface area contributed by atoms with E-state index in [0.29, 0.717) is 17.2 Å². The molecule has 2 N–H and O–H groups in total. The highest BCUT2D eigenvalue weighted by molar-refractivity contribution is 7.13. The van der Waals surface area contributed by atoms with E-state index in [4.69, 9.17) is 4.74 Å². The number of methoxy groups -OCH3 is 1. The number of hydrogen-bond acceptors (Lipinski definition) is 7. The van der Waals surface area contributed by atoms with Crippen LogP contribution in [0.4, 0.5) is 5.69 Å². The molecule has 1 saturated carbocycles. The van der Waals surface area contributed by atoms with E-state index in [1.807, 2.05) is 0 Å². The Labute approximate surface area is 192 Å². The summed E-state index contributed by atoms with van der Waals surface area (Å²) >= 11 is 1.32. The van der Waals surface area contributed by atoms with Crippen LogP contribution in [0.15, 0.2) is 24.3 Å². The second-order valence-electron chi connectivity index (χ2n) is 8.58. The van der Waals surface area contributed by atoms with Crippen LogP contribution in [-0.4, -0.2) is 53.2 Å². The van der Waals surface area contributed by atoms with Gasteiger partial charge in [-0.3, -0.25) is 14.5 Å². The van der Waals surface area contributed by atoms with E-state index in [1.165, 1.54) is 30.6 Å². The summed E-state index contributed by atoms with van der Waals surface area (Å²) in [5.41, 5.74) is 0.685. The largest absolute Gasteiger partial charge is 0.497 e. The monoisotopic (exact) mass is 457 g/mol. The Morgan fingerprint density at radius 2 is 1.78 bits per heavy atom. The Balaban J connectivity index is 1.21. The second-order valence-corrected chi connectivity index (χ2v) is 9.64. The van der Waals surface area contributed by atoms with Crippen molar-refractivity contribution in [3.05, 3.63) is 34.3 Å². The summed E-state index contributed by atoms with van der Waals surface area (Å²) in [5, 5.41) is 15.6. The van der Waals surface area contributed by atoms with Gasteiger partial charge < -0.3 is 15.4 Å². The SMILES string of the molecule is COc1ccc(NC(=O)c2nnc(CN3CCC(NC(=O)C4CCCCC4)CC3)s2)cc1. The number of rotatable bonds is 7. The van der Waals surface area contributed by atoms with E-state index in [2.05, 4.69) is 25.7 Å². The first kappa shape index (κ1) is 22.7. The molecule has 2 aromatic rings. The number of nitrogens with zero attached hydrogens (tertiary/aromatic N) is 3. The highest BCUT2D eigenvalue weighted by atomic mass is 32.1. The summed E-state index contributed by atoms with van der Waals surface area (Å²) in [4.78, 5) is 27.3. The van der Waals surface area contributed by atoms with Crippen molar-refractivity contribution in [3.8, 4) is 5.75 Å². The van der Waals surface area contributed by atoms with Crippen molar-refractivity contribution in [2.75, 3.05) is 25.5 Å². The fourth-order valence-electron chi connectivity index (χ4n) is 4.38. The second kappa shape index (κ2) is 10.9. The zero-order chi connectivity index (χ0) is 22.3. The molecule has 0 radical (unpaired) electrons. The lowest BCUT2D eigenvalue weighted by Crippen LogP contribution is -2.46. The molecule has 0 bridgehead atoms. The van der Waals surface area contributed by atoms with Crippen LogP contribution in [0.25, 0.3) is 0 Å². The topological polar surface area (TPSA) is 96.4 Å². The van der Waals surface area contributed by atoms with Gasteiger partial charge in [-0.05, 0) is 49.9 Å². The molecule has 2 fully saturated rings. The number of benzene rings is 1. The lowest BCUT2D eigenvalue weighted by molar-refractivity contribution is -0.127. The number of ether oxygens (including phenoxy) is 1. The number of carbonyl (C=O) groups excluding carboxylic acids is 2. The maximum Gasteiger partial charge on any atom is 0.286 e. The summed E-state index contributed by atoms with van der Waals surface area (Å²) in [7, 11) is 1.60. The van der Waals surface area contributed by atoms with Gasteiger partial charge in [-0.2, -0.15) is 0 Å². The highest BCUT2D eigenvalue weighted by Gasteiger charge is 2.26. The zero-order valence-corrected chi connectivity index (χ0v) is 19.3. The normalized spacial score (nSPS) is 18.3. The first-order valence-corrected chi connectivity index (χ1v) is 12.2. The first-order valence-electron chi connectivity index (χ1n) is 11.4. The zero-order valence-electron chi connectivity index (χ0n) is 18.5. The third-order valence-electron chi connectivity index (χ3n) is 6.28. The van der Waals surface area contributed by atoms with Crippen LogP contribution >= 0.6 is 11.3 Å². The molecule has 0 spiro atoms. The van der Waals surface area contributed by atoms with Crippen LogP contribution in [0, 0.1) is 5.92 Å². The molecule has 0 atom stereocenters. The molecule has 2 aliphatic rings. The summed E-state index contributed by atoms with van der Waals surface area (Å²) in [6.45, 7) is 2.49. The molecule has 1 saturated heterocycles. The van der Waals surface area contributed by atoms with Crippen molar-refractivity contribution < 1.29 is 14.3 Å². The maximum absolute atomic E-state index is 12.5. The highest BCUT2D eigenvalue weighted by Crippen LogP contribution is 2.25. The number of carbonyl (C=O) groups is 2. The van der Waals surface area contributed by atoms with E-state index in [0.717, 1.165) is 49.5 Å². The average Bonchev–Trinajstić information content (AvgIpc) is 3.30. The fourth-order valence-corrected chi connectivity index (χ4v) is 5.16. The fraction of sp³-hybridized carbons (Fsp3) is 0.565. The van der Waals surface area contributed by atoms with Crippen LogP contribution in [0.2, 0.25) is 0 Å². The van der Waals surface area contributed by atoms with Crippen LogP contribution in [0.1, 0.15) is 59.8 Å². The van der Waals surface area contributed by atoms with Crippen molar-refractivity contribution in [1.29, 1.82) is 0 Å². The predicted molar refractivity (Wildman–Crippen MR) is 124 cm³/mol. The molecular weight excluding hydrogens is 426 g/mol.